The third-order valence-electron chi connectivity index (χ3n) is 2.34. The molecule has 0 unspecified atom stereocenters. The van der Waals surface area contributed by atoms with Crippen LogP contribution >= 0.6 is 0 Å². The first-order valence-corrected chi connectivity index (χ1v) is 5.51. The van der Waals surface area contributed by atoms with Gasteiger partial charge in [-0.1, -0.05) is 12.1 Å². The minimum Gasteiger partial charge on any atom is -0.479 e. The molecule has 0 saturated carbocycles. The highest BCUT2D eigenvalue weighted by Gasteiger charge is 2.12. The average molecular weight is 252 g/mol. The summed E-state index contributed by atoms with van der Waals surface area (Å²) in [5.74, 6) is -1.53. The lowest BCUT2D eigenvalue weighted by Gasteiger charge is -2.07. The van der Waals surface area contributed by atoms with Gasteiger partial charge in [0, 0.05) is 18.7 Å². The number of nitrogens with one attached hydrogen (secondary N) is 1. The lowest BCUT2D eigenvalue weighted by molar-refractivity contribution is -0.147. The van der Waals surface area contributed by atoms with Crippen LogP contribution in [-0.2, 0) is 16.0 Å². The van der Waals surface area contributed by atoms with E-state index in [9.17, 15) is 9.59 Å². The fraction of sp³-hybridized carbons (Fsp3) is 0.333. The number of benzene rings is 1. The smallest absolute Gasteiger partial charge is 0.332 e. The minimum atomic E-state index is -1.45. The van der Waals surface area contributed by atoms with E-state index >= 15 is 0 Å². The van der Waals surface area contributed by atoms with Gasteiger partial charge >= 0.3 is 5.97 Å². The number of aliphatic carboxylic acids is 1. The van der Waals surface area contributed by atoms with Gasteiger partial charge in [0.1, 0.15) is 0 Å². The predicted octanol–water partition coefficient (Wildman–Crippen LogP) is -0.237. The van der Waals surface area contributed by atoms with Crippen LogP contribution < -0.4 is 11.1 Å². The van der Waals surface area contributed by atoms with Gasteiger partial charge in [-0.2, -0.15) is 0 Å². The largest absolute Gasteiger partial charge is 0.479 e. The number of carbonyl (C=O) groups is 2. The topological polar surface area (TPSA) is 113 Å². The Balaban J connectivity index is 2.32. The molecule has 0 spiro atoms. The highest BCUT2D eigenvalue weighted by molar-refractivity contribution is 5.79. The number of aliphatic hydroxyl groups is 1. The summed E-state index contributed by atoms with van der Waals surface area (Å²) in [5, 5.41) is 20.0. The van der Waals surface area contributed by atoms with Crippen LogP contribution in [0.25, 0.3) is 0 Å². The maximum Gasteiger partial charge on any atom is 0.332 e. The van der Waals surface area contributed by atoms with Gasteiger partial charge in [0.05, 0.1) is 6.42 Å². The molecule has 6 nitrogen and oxygen atoms in total. The average Bonchev–Trinajstić information content (AvgIpc) is 2.28. The molecule has 6 heteroatoms. The van der Waals surface area contributed by atoms with Crippen molar-refractivity contribution >= 4 is 17.6 Å². The fourth-order valence-corrected chi connectivity index (χ4v) is 1.42. The van der Waals surface area contributed by atoms with E-state index in [4.69, 9.17) is 15.9 Å². The number of nitrogen functional groups attached to an aromatic ring is 1. The number of rotatable bonds is 6. The monoisotopic (exact) mass is 252 g/mol. The van der Waals surface area contributed by atoms with Crippen LogP contribution in [-0.4, -0.2) is 34.7 Å². The number of anilines is 1. The first-order valence-electron chi connectivity index (χ1n) is 5.51. The van der Waals surface area contributed by atoms with Gasteiger partial charge in [0.2, 0.25) is 5.91 Å². The zero-order valence-corrected chi connectivity index (χ0v) is 9.80. The lowest BCUT2D eigenvalue weighted by Crippen LogP contribution is -2.30. The Hall–Kier alpha value is -2.08. The molecule has 1 amide bonds. The number of hydrogen-bond acceptors (Lipinski definition) is 4. The third kappa shape index (κ3) is 4.84. The number of nitrogens with two attached hydrogens (primary N) is 1. The van der Waals surface area contributed by atoms with E-state index in [1.54, 1.807) is 24.3 Å². The Kier molecular flexibility index (Phi) is 5.13. The standard InChI is InChI=1S/C12H16N2O4/c13-9-3-1-2-8(6-9)7-11(16)14-5-4-10(15)12(17)18/h1-3,6,10,15H,4-5,7,13H2,(H,14,16)(H,17,18)/t10-/m0/s1. The van der Waals surface area contributed by atoms with Crippen molar-refractivity contribution in [1.29, 1.82) is 0 Å². The van der Waals surface area contributed by atoms with Gasteiger partial charge < -0.3 is 21.3 Å². The Morgan fingerprint density at radius 1 is 1.39 bits per heavy atom. The molecule has 0 radical (unpaired) electrons. The summed E-state index contributed by atoms with van der Waals surface area (Å²) in [5.41, 5.74) is 6.95. The number of carboxylic acids is 1. The SMILES string of the molecule is Nc1cccc(CC(=O)NCC[C@H](O)C(=O)O)c1. The maximum absolute atomic E-state index is 11.5. The van der Waals surface area contributed by atoms with Gasteiger partial charge in [0.15, 0.2) is 6.10 Å². The van der Waals surface area contributed by atoms with Crippen molar-refractivity contribution in [2.24, 2.45) is 0 Å². The maximum atomic E-state index is 11.5. The molecule has 0 aliphatic heterocycles. The molecular weight excluding hydrogens is 236 g/mol. The van der Waals surface area contributed by atoms with Crippen molar-refractivity contribution < 1.29 is 19.8 Å². The van der Waals surface area contributed by atoms with Gasteiger partial charge in [-0.05, 0) is 17.7 Å². The highest BCUT2D eigenvalue weighted by atomic mass is 16.4. The van der Waals surface area contributed by atoms with Crippen molar-refractivity contribution in [2.75, 3.05) is 12.3 Å². The van der Waals surface area contributed by atoms with Crippen LogP contribution in [0.15, 0.2) is 24.3 Å². The van der Waals surface area contributed by atoms with Crippen LogP contribution in [0, 0.1) is 0 Å². The van der Waals surface area contributed by atoms with Crippen LogP contribution in [0.3, 0.4) is 0 Å². The molecule has 1 aromatic carbocycles. The molecule has 98 valence electrons. The summed E-state index contributed by atoms with van der Waals surface area (Å²) >= 11 is 0. The summed E-state index contributed by atoms with van der Waals surface area (Å²) in [7, 11) is 0. The highest BCUT2D eigenvalue weighted by Crippen LogP contribution is 2.06. The summed E-state index contributed by atoms with van der Waals surface area (Å²) in [6.45, 7) is 0.120. The van der Waals surface area contributed by atoms with Crippen molar-refractivity contribution in [3.8, 4) is 0 Å². The zero-order valence-electron chi connectivity index (χ0n) is 9.80. The normalized spacial score (nSPS) is 11.8. The second-order valence-corrected chi connectivity index (χ2v) is 3.91. The third-order valence-corrected chi connectivity index (χ3v) is 2.34. The summed E-state index contributed by atoms with van der Waals surface area (Å²) in [6, 6.07) is 6.96. The van der Waals surface area contributed by atoms with Crippen LogP contribution in [0.1, 0.15) is 12.0 Å². The van der Waals surface area contributed by atoms with E-state index in [-0.39, 0.29) is 25.3 Å². The molecule has 1 atom stereocenters. The van der Waals surface area contributed by atoms with Crippen LogP contribution in [0.4, 0.5) is 5.69 Å². The first kappa shape index (κ1) is 14.0. The Morgan fingerprint density at radius 2 is 2.11 bits per heavy atom. The van der Waals surface area contributed by atoms with E-state index in [1.807, 2.05) is 0 Å². The number of carboxylic acid groups (broad SMARTS) is 1. The number of hydrogen-bond donors (Lipinski definition) is 4. The van der Waals surface area contributed by atoms with Gasteiger partial charge in [-0.25, -0.2) is 4.79 Å². The molecule has 0 heterocycles. The quantitative estimate of drug-likeness (QED) is 0.522. The first-order chi connectivity index (χ1) is 8.49. The van der Waals surface area contributed by atoms with Crippen molar-refractivity contribution in [1.82, 2.24) is 5.32 Å². The Labute approximate surface area is 104 Å². The van der Waals surface area contributed by atoms with Gasteiger partial charge in [-0.3, -0.25) is 4.79 Å². The van der Waals surface area contributed by atoms with Gasteiger partial charge in [-0.15, -0.1) is 0 Å². The van der Waals surface area contributed by atoms with E-state index < -0.39 is 12.1 Å². The molecule has 0 aliphatic carbocycles. The predicted molar refractivity (Wildman–Crippen MR) is 65.8 cm³/mol. The van der Waals surface area contributed by atoms with Gasteiger partial charge in [0.25, 0.3) is 0 Å². The molecule has 0 saturated heterocycles. The molecule has 0 bridgehead atoms. The van der Waals surface area contributed by atoms with Crippen molar-refractivity contribution in [2.45, 2.75) is 18.9 Å². The summed E-state index contributed by atoms with van der Waals surface area (Å²) in [6.07, 6.45) is -1.29. The van der Waals surface area contributed by atoms with E-state index in [0.717, 1.165) is 5.56 Å². The number of aliphatic hydroxyl groups excluding tert-OH is 1. The zero-order chi connectivity index (χ0) is 13.5. The number of amides is 1. The van der Waals surface area contributed by atoms with E-state index in [1.165, 1.54) is 0 Å². The van der Waals surface area contributed by atoms with Crippen LogP contribution in [0.2, 0.25) is 0 Å². The molecule has 0 aromatic heterocycles. The van der Waals surface area contributed by atoms with Crippen molar-refractivity contribution in [3.63, 3.8) is 0 Å². The number of carbonyl (C=O) groups excluding carboxylic acids is 1. The van der Waals surface area contributed by atoms with E-state index in [2.05, 4.69) is 5.32 Å². The molecule has 0 aliphatic rings. The minimum absolute atomic E-state index is 0.0159. The summed E-state index contributed by atoms with van der Waals surface area (Å²) in [4.78, 5) is 21.8. The molecule has 5 N–H and O–H groups in total. The van der Waals surface area contributed by atoms with Crippen molar-refractivity contribution in [3.05, 3.63) is 29.8 Å². The second-order valence-electron chi connectivity index (χ2n) is 3.91. The van der Waals surface area contributed by atoms with Crippen LogP contribution in [0.5, 0.6) is 0 Å². The second kappa shape index (κ2) is 6.61. The molecule has 1 rings (SSSR count). The Bertz CT molecular complexity index is 434. The lowest BCUT2D eigenvalue weighted by atomic mass is 10.1. The summed E-state index contributed by atoms with van der Waals surface area (Å²) < 4.78 is 0. The molecular formula is C12H16N2O4. The van der Waals surface area contributed by atoms with E-state index in [0.29, 0.717) is 5.69 Å². The molecule has 1 aromatic rings. The Morgan fingerprint density at radius 3 is 2.72 bits per heavy atom. The fourth-order valence-electron chi connectivity index (χ4n) is 1.42. The molecule has 0 fully saturated rings. The molecule has 18 heavy (non-hydrogen) atoms.